The number of nitrogens with zero attached hydrogens (tertiary/aromatic N) is 6. The maximum atomic E-state index is 13.4. The molecule has 0 atom stereocenters. The molecule has 5 rings (SSSR count). The van der Waals surface area contributed by atoms with Crippen LogP contribution in [0.4, 0.5) is 42.1 Å². The van der Waals surface area contributed by atoms with Crippen LogP contribution in [0.25, 0.3) is 22.0 Å². The van der Waals surface area contributed by atoms with Crippen molar-refractivity contribution in [2.45, 2.75) is 20.0 Å². The van der Waals surface area contributed by atoms with Gasteiger partial charge in [0.1, 0.15) is 29.6 Å². The molecule has 38 heavy (non-hydrogen) atoms. The van der Waals surface area contributed by atoms with E-state index in [0.717, 1.165) is 22.2 Å². The standard InChI is InChI=1S/C26H24F3N9/c1-14-7-8-17-16(9-11-32-23(17)36-25-15(2)22(26(27,28)29)37-38(25)4)21(14)35-24-18(6-5-10-31-24)19-12-20(30-3)34-13-33-19/h5-13H,1-4H3,(H,31,35)(H,32,36)(H,30,33,34). The quantitative estimate of drug-likeness (QED) is 0.251. The van der Waals surface area contributed by atoms with Crippen molar-refractivity contribution in [2.24, 2.45) is 7.05 Å². The average Bonchev–Trinajstić information content (AvgIpc) is 3.19. The zero-order valence-electron chi connectivity index (χ0n) is 21.0. The third kappa shape index (κ3) is 4.56. The zero-order chi connectivity index (χ0) is 27.0. The number of aromatic nitrogens is 6. The second-order valence-corrected chi connectivity index (χ2v) is 8.64. The van der Waals surface area contributed by atoms with Crippen molar-refractivity contribution in [1.82, 2.24) is 29.7 Å². The topological polar surface area (TPSA) is 105 Å². The molecular formula is C26H24F3N9. The van der Waals surface area contributed by atoms with Gasteiger partial charge in [0.2, 0.25) is 0 Å². The molecule has 12 heteroatoms. The van der Waals surface area contributed by atoms with E-state index < -0.39 is 11.9 Å². The van der Waals surface area contributed by atoms with Gasteiger partial charge in [-0.3, -0.25) is 4.68 Å². The van der Waals surface area contributed by atoms with Gasteiger partial charge < -0.3 is 16.0 Å². The first-order chi connectivity index (χ1) is 18.2. The van der Waals surface area contributed by atoms with Crippen molar-refractivity contribution in [3.8, 4) is 11.3 Å². The van der Waals surface area contributed by atoms with E-state index in [9.17, 15) is 13.2 Å². The van der Waals surface area contributed by atoms with Crippen LogP contribution in [0.15, 0.2) is 55.1 Å². The van der Waals surface area contributed by atoms with Gasteiger partial charge in [-0.25, -0.2) is 19.9 Å². The van der Waals surface area contributed by atoms with Crippen molar-refractivity contribution < 1.29 is 13.2 Å². The largest absolute Gasteiger partial charge is 0.435 e. The number of hydrogen-bond donors (Lipinski definition) is 3. The molecule has 0 aliphatic heterocycles. The number of halogens is 3. The van der Waals surface area contributed by atoms with Gasteiger partial charge in [-0.2, -0.15) is 18.3 Å². The summed E-state index contributed by atoms with van der Waals surface area (Å²) < 4.78 is 41.3. The van der Waals surface area contributed by atoms with Crippen molar-refractivity contribution in [2.75, 3.05) is 23.0 Å². The highest BCUT2D eigenvalue weighted by Gasteiger charge is 2.37. The van der Waals surface area contributed by atoms with Crippen LogP contribution in [-0.2, 0) is 13.2 Å². The van der Waals surface area contributed by atoms with Crippen molar-refractivity contribution in [1.29, 1.82) is 0 Å². The van der Waals surface area contributed by atoms with Gasteiger partial charge in [0.15, 0.2) is 5.69 Å². The summed E-state index contributed by atoms with van der Waals surface area (Å²) in [5, 5.41) is 14.7. The molecule has 1 aromatic carbocycles. The Morgan fingerprint density at radius 3 is 2.39 bits per heavy atom. The van der Waals surface area contributed by atoms with E-state index in [4.69, 9.17) is 0 Å². The average molecular weight is 520 g/mol. The summed E-state index contributed by atoms with van der Waals surface area (Å²) >= 11 is 0. The van der Waals surface area contributed by atoms with Crippen LogP contribution in [0.3, 0.4) is 0 Å². The number of anilines is 5. The normalized spacial score (nSPS) is 11.6. The molecule has 0 radical (unpaired) electrons. The predicted molar refractivity (Wildman–Crippen MR) is 141 cm³/mol. The molecule has 0 saturated carbocycles. The summed E-state index contributed by atoms with van der Waals surface area (Å²) in [5.74, 6) is 1.88. The van der Waals surface area contributed by atoms with Gasteiger partial charge in [0, 0.05) is 54.5 Å². The molecule has 9 nitrogen and oxygen atoms in total. The molecule has 0 unspecified atom stereocenters. The monoisotopic (exact) mass is 519 g/mol. The van der Waals surface area contributed by atoms with Gasteiger partial charge in [-0.1, -0.05) is 12.1 Å². The van der Waals surface area contributed by atoms with Crippen LogP contribution in [0, 0.1) is 13.8 Å². The van der Waals surface area contributed by atoms with Crippen molar-refractivity contribution in [3.05, 3.63) is 71.9 Å². The van der Waals surface area contributed by atoms with Crippen LogP contribution >= 0.6 is 0 Å². The molecule has 0 saturated heterocycles. The highest BCUT2D eigenvalue weighted by Crippen LogP contribution is 2.38. The molecule has 0 aliphatic rings. The fourth-order valence-corrected chi connectivity index (χ4v) is 4.29. The fraction of sp³-hybridized carbons (Fsp3) is 0.192. The Balaban J connectivity index is 1.57. The van der Waals surface area contributed by atoms with Gasteiger partial charge in [0.05, 0.1) is 11.4 Å². The van der Waals surface area contributed by atoms with Crippen LogP contribution < -0.4 is 16.0 Å². The Bertz CT molecular complexity index is 1640. The molecular weight excluding hydrogens is 495 g/mol. The molecule has 0 spiro atoms. The molecule has 3 N–H and O–H groups in total. The third-order valence-electron chi connectivity index (χ3n) is 6.19. The van der Waals surface area contributed by atoms with Gasteiger partial charge in [-0.05, 0) is 37.6 Å². The van der Waals surface area contributed by atoms with Crippen LogP contribution in [0.2, 0.25) is 0 Å². The Morgan fingerprint density at radius 1 is 0.868 bits per heavy atom. The fourth-order valence-electron chi connectivity index (χ4n) is 4.29. The first-order valence-electron chi connectivity index (χ1n) is 11.7. The Morgan fingerprint density at radius 2 is 1.66 bits per heavy atom. The Kier molecular flexibility index (Phi) is 6.31. The summed E-state index contributed by atoms with van der Waals surface area (Å²) in [6.45, 7) is 3.35. The maximum absolute atomic E-state index is 13.4. The van der Waals surface area contributed by atoms with Crippen molar-refractivity contribution >= 4 is 39.7 Å². The Hall–Kier alpha value is -4.74. The number of rotatable bonds is 6. The highest BCUT2D eigenvalue weighted by atomic mass is 19.4. The van der Waals surface area contributed by atoms with Crippen LogP contribution in [0.1, 0.15) is 16.8 Å². The van der Waals surface area contributed by atoms with E-state index >= 15 is 0 Å². The second-order valence-electron chi connectivity index (χ2n) is 8.64. The van der Waals surface area contributed by atoms with Crippen LogP contribution in [-0.4, -0.2) is 36.8 Å². The number of aryl methyl sites for hydroxylation is 2. The lowest BCUT2D eigenvalue weighted by Crippen LogP contribution is -2.08. The molecule has 5 aromatic rings. The summed E-state index contributed by atoms with van der Waals surface area (Å²) in [6, 6.07) is 11.2. The van der Waals surface area contributed by atoms with E-state index in [2.05, 4.69) is 41.0 Å². The van der Waals surface area contributed by atoms with Crippen LogP contribution in [0.5, 0.6) is 0 Å². The van der Waals surface area contributed by atoms with Gasteiger partial charge in [0.25, 0.3) is 0 Å². The summed E-state index contributed by atoms with van der Waals surface area (Å²) in [7, 11) is 3.24. The first-order valence-corrected chi connectivity index (χ1v) is 11.7. The van der Waals surface area contributed by atoms with Gasteiger partial charge >= 0.3 is 6.18 Å². The van der Waals surface area contributed by atoms with E-state index in [1.165, 1.54) is 25.0 Å². The van der Waals surface area contributed by atoms with Crippen molar-refractivity contribution in [3.63, 3.8) is 0 Å². The lowest BCUT2D eigenvalue weighted by atomic mass is 10.0. The SMILES string of the molecule is CNc1cc(-c2cccnc2Nc2c(C)ccc3c(Nc4c(C)c(C(F)(F)F)nn4C)nccc23)ncn1. The molecule has 4 aromatic heterocycles. The lowest BCUT2D eigenvalue weighted by Gasteiger charge is -2.17. The van der Waals surface area contributed by atoms with Gasteiger partial charge in [-0.15, -0.1) is 0 Å². The number of pyridine rings is 2. The molecule has 0 bridgehead atoms. The first kappa shape index (κ1) is 24.9. The minimum Gasteiger partial charge on any atom is -0.373 e. The number of benzene rings is 1. The summed E-state index contributed by atoms with van der Waals surface area (Å²) in [6.07, 6.45) is 0.217. The molecule has 194 valence electrons. The maximum Gasteiger partial charge on any atom is 0.435 e. The zero-order valence-corrected chi connectivity index (χ0v) is 21.0. The highest BCUT2D eigenvalue weighted by molar-refractivity contribution is 6.03. The lowest BCUT2D eigenvalue weighted by molar-refractivity contribution is -0.141. The molecule has 0 amide bonds. The van der Waals surface area contributed by atoms with E-state index in [1.54, 1.807) is 19.4 Å². The minimum atomic E-state index is -4.56. The Labute approximate surface area is 216 Å². The van der Waals surface area contributed by atoms with E-state index in [0.29, 0.717) is 28.5 Å². The smallest absolute Gasteiger partial charge is 0.373 e. The summed E-state index contributed by atoms with van der Waals surface area (Å²) in [4.78, 5) is 17.5. The number of alkyl halides is 3. The molecule has 0 fully saturated rings. The minimum absolute atomic E-state index is 0.00631. The summed E-state index contributed by atoms with van der Waals surface area (Å²) in [5.41, 5.74) is 2.26. The van der Waals surface area contributed by atoms with E-state index in [1.807, 2.05) is 43.3 Å². The molecule has 0 aliphatic carbocycles. The van der Waals surface area contributed by atoms with E-state index in [-0.39, 0.29) is 11.4 Å². The number of hydrogen-bond acceptors (Lipinski definition) is 8. The second kappa shape index (κ2) is 9.61. The molecule has 4 heterocycles. The number of fused-ring (bicyclic) bond motifs is 1. The third-order valence-corrected chi connectivity index (χ3v) is 6.19. The number of nitrogens with one attached hydrogen (secondary N) is 3. The predicted octanol–water partition coefficient (Wildman–Crippen LogP) is 5.98.